The molecule has 110 valence electrons. The van der Waals surface area contributed by atoms with Crippen molar-refractivity contribution < 1.29 is 0 Å². The molecule has 0 amide bonds. The summed E-state index contributed by atoms with van der Waals surface area (Å²) >= 11 is 0. The Balaban J connectivity index is 1.68. The second-order valence-corrected chi connectivity index (χ2v) is 7.14. The van der Waals surface area contributed by atoms with Gasteiger partial charge in [0.1, 0.15) is 0 Å². The van der Waals surface area contributed by atoms with Crippen LogP contribution in [0.4, 0.5) is 0 Å². The van der Waals surface area contributed by atoms with Crippen molar-refractivity contribution >= 4 is 0 Å². The molecule has 0 aromatic heterocycles. The van der Waals surface area contributed by atoms with Crippen LogP contribution in [-0.4, -0.2) is 6.04 Å². The number of hydrogen-bond acceptors (Lipinski definition) is 1. The lowest BCUT2D eigenvalue weighted by Gasteiger charge is -2.36. The highest BCUT2D eigenvalue weighted by atomic mass is 15.0. The van der Waals surface area contributed by atoms with Crippen molar-refractivity contribution in [2.24, 2.45) is 11.8 Å². The average Bonchev–Trinajstić information content (AvgIpc) is 2.91. The number of hydrogen-bond donors (Lipinski definition) is 1. The third-order valence-corrected chi connectivity index (χ3v) is 5.79. The SMILES string of the molecule is CC(NC1CCCC(C)C1C)c1ccc2c(c1)CCC2. The van der Waals surface area contributed by atoms with Crippen LogP contribution in [0, 0.1) is 11.8 Å². The van der Waals surface area contributed by atoms with E-state index in [1.807, 2.05) is 0 Å². The Morgan fingerprint density at radius 2 is 1.85 bits per heavy atom. The monoisotopic (exact) mass is 271 g/mol. The van der Waals surface area contributed by atoms with Crippen LogP contribution < -0.4 is 5.32 Å². The van der Waals surface area contributed by atoms with Crippen molar-refractivity contribution in [3.8, 4) is 0 Å². The quantitative estimate of drug-likeness (QED) is 0.843. The zero-order chi connectivity index (χ0) is 14.1. The van der Waals surface area contributed by atoms with Crippen molar-refractivity contribution in [1.29, 1.82) is 0 Å². The summed E-state index contributed by atoms with van der Waals surface area (Å²) < 4.78 is 0. The van der Waals surface area contributed by atoms with Crippen molar-refractivity contribution in [3.63, 3.8) is 0 Å². The average molecular weight is 271 g/mol. The van der Waals surface area contributed by atoms with E-state index in [9.17, 15) is 0 Å². The summed E-state index contributed by atoms with van der Waals surface area (Å²) in [6.45, 7) is 7.18. The molecular formula is C19H29N. The summed E-state index contributed by atoms with van der Waals surface area (Å²) in [4.78, 5) is 0. The van der Waals surface area contributed by atoms with Gasteiger partial charge in [0.2, 0.25) is 0 Å². The molecule has 4 unspecified atom stereocenters. The molecule has 0 spiro atoms. The predicted molar refractivity (Wildman–Crippen MR) is 86.0 cm³/mol. The zero-order valence-electron chi connectivity index (χ0n) is 13.3. The van der Waals surface area contributed by atoms with Crippen LogP contribution in [0.3, 0.4) is 0 Å². The van der Waals surface area contributed by atoms with E-state index >= 15 is 0 Å². The first-order valence-electron chi connectivity index (χ1n) is 8.53. The highest BCUT2D eigenvalue weighted by Crippen LogP contribution is 2.32. The molecule has 0 bridgehead atoms. The van der Waals surface area contributed by atoms with Crippen LogP contribution in [0.2, 0.25) is 0 Å². The van der Waals surface area contributed by atoms with Crippen LogP contribution in [0.5, 0.6) is 0 Å². The molecule has 3 rings (SSSR count). The molecule has 1 nitrogen and oxygen atoms in total. The fourth-order valence-electron chi connectivity index (χ4n) is 4.10. The smallest absolute Gasteiger partial charge is 0.0294 e. The van der Waals surface area contributed by atoms with Crippen molar-refractivity contribution in [2.45, 2.75) is 71.4 Å². The van der Waals surface area contributed by atoms with Gasteiger partial charge in [-0.25, -0.2) is 0 Å². The van der Waals surface area contributed by atoms with Crippen molar-refractivity contribution in [2.75, 3.05) is 0 Å². The second kappa shape index (κ2) is 5.89. The van der Waals surface area contributed by atoms with Gasteiger partial charge in [-0.15, -0.1) is 0 Å². The minimum atomic E-state index is 0.485. The molecule has 0 radical (unpaired) electrons. The van der Waals surface area contributed by atoms with Crippen molar-refractivity contribution in [1.82, 2.24) is 5.32 Å². The summed E-state index contributed by atoms with van der Waals surface area (Å²) in [6.07, 6.45) is 8.06. The number of aryl methyl sites for hydroxylation is 2. The third-order valence-electron chi connectivity index (χ3n) is 5.79. The van der Waals surface area contributed by atoms with Gasteiger partial charge in [-0.3, -0.25) is 0 Å². The Morgan fingerprint density at radius 3 is 2.70 bits per heavy atom. The molecule has 1 heteroatoms. The molecular weight excluding hydrogens is 242 g/mol. The van der Waals surface area contributed by atoms with E-state index in [4.69, 9.17) is 0 Å². The van der Waals surface area contributed by atoms with Crippen LogP contribution in [-0.2, 0) is 12.8 Å². The van der Waals surface area contributed by atoms with E-state index < -0.39 is 0 Å². The normalized spacial score (nSPS) is 31.1. The van der Waals surface area contributed by atoms with E-state index in [0.717, 1.165) is 11.8 Å². The first-order chi connectivity index (χ1) is 9.65. The fraction of sp³-hybridized carbons (Fsp3) is 0.684. The first kappa shape index (κ1) is 14.1. The molecule has 2 aliphatic carbocycles. The number of benzene rings is 1. The van der Waals surface area contributed by atoms with E-state index in [0.29, 0.717) is 12.1 Å². The van der Waals surface area contributed by atoms with E-state index in [2.05, 4.69) is 44.3 Å². The lowest BCUT2D eigenvalue weighted by molar-refractivity contribution is 0.196. The van der Waals surface area contributed by atoms with Crippen LogP contribution in [0.25, 0.3) is 0 Å². The molecule has 0 saturated heterocycles. The number of nitrogens with one attached hydrogen (secondary N) is 1. The first-order valence-corrected chi connectivity index (χ1v) is 8.53. The largest absolute Gasteiger partial charge is 0.307 e. The van der Waals surface area contributed by atoms with Crippen LogP contribution >= 0.6 is 0 Å². The minimum absolute atomic E-state index is 0.485. The number of fused-ring (bicyclic) bond motifs is 1. The maximum absolute atomic E-state index is 3.91. The van der Waals surface area contributed by atoms with Crippen molar-refractivity contribution in [3.05, 3.63) is 34.9 Å². The molecule has 1 fully saturated rings. The van der Waals surface area contributed by atoms with Gasteiger partial charge in [-0.05, 0) is 61.1 Å². The second-order valence-electron chi connectivity index (χ2n) is 7.14. The minimum Gasteiger partial charge on any atom is -0.307 e. The van der Waals surface area contributed by atoms with Gasteiger partial charge in [0.25, 0.3) is 0 Å². The standard InChI is InChI=1S/C19H29N/c1-13-6-4-9-19(14(13)2)20-15(3)17-11-10-16-7-5-8-18(16)12-17/h10-15,19-20H,4-9H2,1-3H3. The number of rotatable bonds is 3. The summed E-state index contributed by atoms with van der Waals surface area (Å²) in [5.74, 6) is 1.68. The Labute approximate surface area is 124 Å². The lowest BCUT2D eigenvalue weighted by Crippen LogP contribution is -2.41. The van der Waals surface area contributed by atoms with E-state index in [1.165, 1.54) is 44.1 Å². The van der Waals surface area contributed by atoms with Gasteiger partial charge in [0.15, 0.2) is 0 Å². The molecule has 1 saturated carbocycles. The predicted octanol–water partition coefficient (Wildman–Crippen LogP) is 4.65. The van der Waals surface area contributed by atoms with Gasteiger partial charge >= 0.3 is 0 Å². The van der Waals surface area contributed by atoms with Gasteiger partial charge in [-0.1, -0.05) is 44.9 Å². The van der Waals surface area contributed by atoms with E-state index in [-0.39, 0.29) is 0 Å². The van der Waals surface area contributed by atoms with Gasteiger partial charge in [0.05, 0.1) is 0 Å². The maximum Gasteiger partial charge on any atom is 0.0294 e. The van der Waals surface area contributed by atoms with Gasteiger partial charge < -0.3 is 5.32 Å². The molecule has 1 aromatic carbocycles. The Bertz CT molecular complexity index is 465. The molecule has 0 aliphatic heterocycles. The van der Waals surface area contributed by atoms with E-state index in [1.54, 1.807) is 11.1 Å². The molecule has 4 atom stereocenters. The summed E-state index contributed by atoms with van der Waals surface area (Å²) in [5, 5.41) is 3.91. The molecule has 1 aromatic rings. The lowest BCUT2D eigenvalue weighted by atomic mass is 9.77. The molecule has 1 N–H and O–H groups in total. The summed E-state index contributed by atoms with van der Waals surface area (Å²) in [7, 11) is 0. The maximum atomic E-state index is 3.91. The van der Waals surface area contributed by atoms with Crippen LogP contribution in [0.1, 0.15) is 69.2 Å². The fourth-order valence-corrected chi connectivity index (χ4v) is 4.10. The summed E-state index contributed by atoms with van der Waals surface area (Å²) in [5.41, 5.74) is 4.66. The summed E-state index contributed by atoms with van der Waals surface area (Å²) in [6, 6.07) is 8.35. The molecule has 0 heterocycles. The Morgan fingerprint density at radius 1 is 1.05 bits per heavy atom. The third kappa shape index (κ3) is 2.79. The topological polar surface area (TPSA) is 12.0 Å². The Kier molecular flexibility index (Phi) is 4.16. The zero-order valence-corrected chi connectivity index (χ0v) is 13.3. The van der Waals surface area contributed by atoms with Crippen LogP contribution in [0.15, 0.2) is 18.2 Å². The molecule has 2 aliphatic rings. The van der Waals surface area contributed by atoms with Gasteiger partial charge in [0, 0.05) is 12.1 Å². The van der Waals surface area contributed by atoms with Gasteiger partial charge in [-0.2, -0.15) is 0 Å². The molecule has 20 heavy (non-hydrogen) atoms. The highest BCUT2D eigenvalue weighted by molar-refractivity contribution is 5.36. The Hall–Kier alpha value is -0.820. The highest BCUT2D eigenvalue weighted by Gasteiger charge is 2.28.